The number of nitrogens with one attached hydrogen (secondary N) is 1. The molecule has 1 saturated heterocycles. The summed E-state index contributed by atoms with van der Waals surface area (Å²) in [6, 6.07) is 18.9. The highest BCUT2D eigenvalue weighted by atomic mass is 32.1. The molecule has 1 aliphatic rings. The highest BCUT2D eigenvalue weighted by Crippen LogP contribution is 2.33. The van der Waals surface area contributed by atoms with E-state index in [9.17, 15) is 4.79 Å². The van der Waals surface area contributed by atoms with Crippen molar-refractivity contribution in [2.24, 2.45) is 5.92 Å². The maximum absolute atomic E-state index is 13.0. The smallest absolute Gasteiger partial charge is 0.236 e. The maximum Gasteiger partial charge on any atom is 0.236 e. The van der Waals surface area contributed by atoms with E-state index in [0.717, 1.165) is 31.4 Å². The molecule has 2 atom stereocenters. The molecule has 4 nitrogen and oxygen atoms in total. The van der Waals surface area contributed by atoms with Gasteiger partial charge < -0.3 is 10.2 Å². The Morgan fingerprint density at radius 2 is 1.93 bits per heavy atom. The number of hydrogen-bond acceptors (Lipinski definition) is 4. The van der Waals surface area contributed by atoms with E-state index in [4.69, 9.17) is 4.98 Å². The van der Waals surface area contributed by atoms with Gasteiger partial charge in [0.2, 0.25) is 5.91 Å². The first-order valence-electron chi connectivity index (χ1n) is 10.5. The van der Waals surface area contributed by atoms with Gasteiger partial charge in [0.15, 0.2) is 0 Å². The molecular weight excluding hydrogens is 378 g/mol. The summed E-state index contributed by atoms with van der Waals surface area (Å²) in [6.07, 6.45) is 2.15. The zero-order valence-electron chi connectivity index (χ0n) is 17.2. The number of carbonyl (C=O) groups is 1. The molecule has 4 rings (SSSR count). The molecule has 29 heavy (non-hydrogen) atoms. The predicted octanol–water partition coefficient (Wildman–Crippen LogP) is 4.99. The van der Waals surface area contributed by atoms with E-state index in [-0.39, 0.29) is 11.9 Å². The van der Waals surface area contributed by atoms with Crippen molar-refractivity contribution in [1.82, 2.24) is 15.2 Å². The van der Waals surface area contributed by atoms with E-state index in [0.29, 0.717) is 18.4 Å². The SMILES string of the molecule is CC(C)[C@@H](NCC(=O)N1CCC[C@@H](c2nc3ccccc3s2)C1)c1ccccc1. The summed E-state index contributed by atoms with van der Waals surface area (Å²) in [5.41, 5.74) is 2.31. The standard InChI is InChI=1S/C24H29N3OS/c1-17(2)23(18-9-4-3-5-10-18)25-15-22(28)27-14-8-11-19(16-27)24-26-20-12-6-7-13-21(20)29-24/h3-7,9-10,12-13,17,19,23,25H,8,11,14-16H2,1-2H3/t19-,23-/m1/s1. The maximum atomic E-state index is 13.0. The molecule has 152 valence electrons. The van der Waals surface area contributed by atoms with E-state index in [1.807, 2.05) is 17.0 Å². The Bertz CT molecular complexity index is 920. The number of hydrogen-bond donors (Lipinski definition) is 1. The molecule has 0 spiro atoms. The van der Waals surface area contributed by atoms with Gasteiger partial charge in [0.25, 0.3) is 0 Å². The molecule has 3 aromatic rings. The van der Waals surface area contributed by atoms with Crippen LogP contribution in [-0.4, -0.2) is 35.4 Å². The average molecular weight is 408 g/mol. The highest BCUT2D eigenvalue weighted by Gasteiger charge is 2.27. The number of thiazole rings is 1. The van der Waals surface area contributed by atoms with Crippen LogP contribution in [-0.2, 0) is 4.79 Å². The molecule has 2 aromatic carbocycles. The van der Waals surface area contributed by atoms with Crippen molar-refractivity contribution in [3.05, 3.63) is 65.2 Å². The second-order valence-electron chi connectivity index (χ2n) is 8.21. The minimum atomic E-state index is 0.185. The summed E-state index contributed by atoms with van der Waals surface area (Å²) in [5, 5.41) is 4.67. The third-order valence-electron chi connectivity index (χ3n) is 5.73. The lowest BCUT2D eigenvalue weighted by atomic mass is 9.96. The Morgan fingerprint density at radius 3 is 2.69 bits per heavy atom. The van der Waals surface area contributed by atoms with Crippen molar-refractivity contribution in [1.29, 1.82) is 0 Å². The molecule has 2 heterocycles. The number of carbonyl (C=O) groups excluding carboxylic acids is 1. The monoisotopic (exact) mass is 407 g/mol. The molecule has 5 heteroatoms. The van der Waals surface area contributed by atoms with Crippen molar-refractivity contribution in [2.45, 2.75) is 38.6 Å². The fourth-order valence-corrected chi connectivity index (χ4v) is 5.27. The van der Waals surface area contributed by atoms with Crippen LogP contribution in [0.25, 0.3) is 10.2 Å². The van der Waals surface area contributed by atoms with Gasteiger partial charge in [0, 0.05) is 25.0 Å². The van der Waals surface area contributed by atoms with E-state index in [1.165, 1.54) is 15.3 Å². The first-order valence-corrected chi connectivity index (χ1v) is 11.3. The minimum Gasteiger partial charge on any atom is -0.341 e. The number of benzene rings is 2. The van der Waals surface area contributed by atoms with Crippen molar-refractivity contribution < 1.29 is 4.79 Å². The van der Waals surface area contributed by atoms with Crippen molar-refractivity contribution in [3.8, 4) is 0 Å². The van der Waals surface area contributed by atoms with Gasteiger partial charge in [-0.1, -0.05) is 56.3 Å². The molecule has 1 amide bonds. The molecular formula is C24H29N3OS. The zero-order valence-corrected chi connectivity index (χ0v) is 18.0. The van der Waals surface area contributed by atoms with Gasteiger partial charge >= 0.3 is 0 Å². The van der Waals surface area contributed by atoms with Gasteiger partial charge in [0.05, 0.1) is 21.8 Å². The van der Waals surface area contributed by atoms with Crippen molar-refractivity contribution in [3.63, 3.8) is 0 Å². The Morgan fingerprint density at radius 1 is 1.17 bits per heavy atom. The molecule has 1 N–H and O–H groups in total. The van der Waals surface area contributed by atoms with E-state index < -0.39 is 0 Å². The third kappa shape index (κ3) is 4.68. The van der Waals surface area contributed by atoms with Crippen LogP contribution < -0.4 is 5.32 Å². The molecule has 0 radical (unpaired) electrons. The average Bonchev–Trinajstić information content (AvgIpc) is 3.19. The van der Waals surface area contributed by atoms with Crippen LogP contribution in [0.5, 0.6) is 0 Å². The summed E-state index contributed by atoms with van der Waals surface area (Å²) in [5.74, 6) is 0.958. The zero-order chi connectivity index (χ0) is 20.2. The van der Waals surface area contributed by atoms with E-state index in [2.05, 4.69) is 61.6 Å². The van der Waals surface area contributed by atoms with Gasteiger partial charge in [-0.25, -0.2) is 4.98 Å². The summed E-state index contributed by atoms with van der Waals surface area (Å²) < 4.78 is 1.23. The number of para-hydroxylation sites is 1. The lowest BCUT2D eigenvalue weighted by Gasteiger charge is -2.33. The third-order valence-corrected chi connectivity index (χ3v) is 6.93. The van der Waals surface area contributed by atoms with E-state index in [1.54, 1.807) is 11.3 Å². The number of rotatable bonds is 6. The number of likely N-dealkylation sites (tertiary alicyclic amines) is 1. The number of nitrogens with zero attached hydrogens (tertiary/aromatic N) is 2. The summed E-state index contributed by atoms with van der Waals surface area (Å²) in [7, 11) is 0. The van der Waals surface area contributed by atoms with Crippen LogP contribution in [0.2, 0.25) is 0 Å². The topological polar surface area (TPSA) is 45.2 Å². The second-order valence-corrected chi connectivity index (χ2v) is 9.27. The summed E-state index contributed by atoms with van der Waals surface area (Å²) >= 11 is 1.77. The van der Waals surface area contributed by atoms with Crippen LogP contribution in [0.15, 0.2) is 54.6 Å². The van der Waals surface area contributed by atoms with Crippen LogP contribution in [0.1, 0.15) is 49.2 Å². The number of amides is 1. The quantitative estimate of drug-likeness (QED) is 0.626. The van der Waals surface area contributed by atoms with Gasteiger partial charge in [-0.3, -0.25) is 4.79 Å². The lowest BCUT2D eigenvalue weighted by Crippen LogP contribution is -2.44. The molecule has 0 unspecified atom stereocenters. The molecule has 1 aromatic heterocycles. The van der Waals surface area contributed by atoms with E-state index >= 15 is 0 Å². The first-order chi connectivity index (χ1) is 14.1. The normalized spacial score (nSPS) is 18.3. The summed E-state index contributed by atoms with van der Waals surface area (Å²) in [6.45, 7) is 6.39. The Hall–Kier alpha value is -2.24. The second kappa shape index (κ2) is 9.06. The van der Waals surface area contributed by atoms with Gasteiger partial charge in [0.1, 0.15) is 0 Å². The van der Waals surface area contributed by atoms with Gasteiger partial charge in [-0.05, 0) is 36.5 Å². The summed E-state index contributed by atoms with van der Waals surface area (Å²) in [4.78, 5) is 19.8. The number of aromatic nitrogens is 1. The Labute approximate surface area is 177 Å². The van der Waals surface area contributed by atoms with Crippen LogP contribution in [0.4, 0.5) is 0 Å². The fraction of sp³-hybridized carbons (Fsp3) is 0.417. The fourth-order valence-electron chi connectivity index (χ4n) is 4.18. The molecule has 1 aliphatic heterocycles. The minimum absolute atomic E-state index is 0.185. The number of piperidine rings is 1. The predicted molar refractivity (Wildman–Crippen MR) is 120 cm³/mol. The van der Waals surface area contributed by atoms with Crippen LogP contribution in [0, 0.1) is 5.92 Å². The van der Waals surface area contributed by atoms with Gasteiger partial charge in [-0.15, -0.1) is 11.3 Å². The Balaban J connectivity index is 1.39. The van der Waals surface area contributed by atoms with Crippen molar-refractivity contribution in [2.75, 3.05) is 19.6 Å². The first kappa shape index (κ1) is 20.0. The Kier molecular flexibility index (Phi) is 6.26. The molecule has 0 aliphatic carbocycles. The van der Waals surface area contributed by atoms with Gasteiger partial charge in [-0.2, -0.15) is 0 Å². The molecule has 1 fully saturated rings. The van der Waals surface area contributed by atoms with Crippen LogP contribution in [0.3, 0.4) is 0 Å². The number of fused-ring (bicyclic) bond motifs is 1. The van der Waals surface area contributed by atoms with Crippen LogP contribution >= 0.6 is 11.3 Å². The largest absolute Gasteiger partial charge is 0.341 e. The van der Waals surface area contributed by atoms with Crippen molar-refractivity contribution >= 4 is 27.5 Å². The lowest BCUT2D eigenvalue weighted by molar-refractivity contribution is -0.131. The molecule has 0 saturated carbocycles. The molecule has 0 bridgehead atoms. The highest BCUT2D eigenvalue weighted by molar-refractivity contribution is 7.18.